The molecule has 1 aliphatic carbocycles. The van der Waals surface area contributed by atoms with Crippen molar-refractivity contribution in [1.82, 2.24) is 14.8 Å². The minimum absolute atomic E-state index is 0.122. The van der Waals surface area contributed by atoms with E-state index in [0.717, 1.165) is 43.6 Å². The number of nitrogens with one attached hydrogen (secondary N) is 1. The van der Waals surface area contributed by atoms with E-state index in [-0.39, 0.29) is 5.56 Å². The summed E-state index contributed by atoms with van der Waals surface area (Å²) in [6.45, 7) is 7.97. The molecule has 1 saturated heterocycles. The first kappa shape index (κ1) is 20.5. The van der Waals surface area contributed by atoms with Gasteiger partial charge in [-0.05, 0) is 60.9 Å². The number of rotatable bonds is 8. The smallest absolute Gasteiger partial charge is 0.255 e. The largest absolute Gasteiger partial charge is 0.383 e. The van der Waals surface area contributed by atoms with Gasteiger partial charge in [-0.15, -0.1) is 0 Å². The molecule has 0 spiro atoms. The number of aryl methyl sites for hydroxylation is 2. The van der Waals surface area contributed by atoms with Crippen LogP contribution < -0.4 is 10.9 Å². The van der Waals surface area contributed by atoms with Crippen molar-refractivity contribution in [2.24, 2.45) is 0 Å². The van der Waals surface area contributed by atoms with Gasteiger partial charge in [-0.1, -0.05) is 0 Å². The molecule has 6 heteroatoms. The fraction of sp³-hybridized carbons (Fsp3) is 0.609. The van der Waals surface area contributed by atoms with E-state index in [1.54, 1.807) is 7.11 Å². The van der Waals surface area contributed by atoms with Gasteiger partial charge >= 0.3 is 0 Å². The minimum atomic E-state index is 0.122. The molecule has 1 aromatic carbocycles. The van der Waals surface area contributed by atoms with Crippen molar-refractivity contribution < 1.29 is 9.47 Å². The van der Waals surface area contributed by atoms with Crippen molar-refractivity contribution in [1.29, 1.82) is 0 Å². The maximum atomic E-state index is 13.4. The number of hydrogen-bond donors (Lipinski definition) is 1. The summed E-state index contributed by atoms with van der Waals surface area (Å²) in [6, 6.07) is 7.00. The van der Waals surface area contributed by atoms with Gasteiger partial charge in [0.2, 0.25) is 0 Å². The Kier molecular flexibility index (Phi) is 6.65. The summed E-state index contributed by atoms with van der Waals surface area (Å²) in [4.78, 5) is 15.8. The molecule has 4 rings (SSSR count). The Hall–Kier alpha value is -1.73. The lowest BCUT2D eigenvalue weighted by atomic mass is 10.0. The van der Waals surface area contributed by atoms with Crippen LogP contribution in [-0.4, -0.2) is 62.1 Å². The van der Waals surface area contributed by atoms with E-state index in [2.05, 4.69) is 28.4 Å². The molecular weight excluding hydrogens is 366 g/mol. The van der Waals surface area contributed by atoms with Crippen LogP contribution in [0.1, 0.15) is 30.0 Å². The monoisotopic (exact) mass is 399 g/mol. The number of aromatic nitrogens is 1. The summed E-state index contributed by atoms with van der Waals surface area (Å²) >= 11 is 0. The van der Waals surface area contributed by atoms with Gasteiger partial charge in [0.1, 0.15) is 0 Å². The second kappa shape index (κ2) is 9.39. The quantitative estimate of drug-likeness (QED) is 0.688. The van der Waals surface area contributed by atoms with E-state index in [1.165, 1.54) is 22.9 Å². The first-order chi connectivity index (χ1) is 14.2. The third-order valence-corrected chi connectivity index (χ3v) is 6.15. The standard InChI is InChI=1S/C23H33N3O3/c1-3-29-10-9-26-22-13-18-6-4-5-17(18)11-19(22)12-20(23(26)27)14-25-8-7-24-21(15-25)16-28-2/h11-13,21,24H,3-10,14-16H2,1-2H3. The average molecular weight is 400 g/mol. The number of ether oxygens (including phenoxy) is 2. The van der Waals surface area contributed by atoms with Crippen molar-refractivity contribution in [2.75, 3.05) is 46.6 Å². The molecule has 0 saturated carbocycles. The highest BCUT2D eigenvalue weighted by molar-refractivity contribution is 5.82. The number of nitrogens with zero attached hydrogens (tertiary/aromatic N) is 2. The molecule has 2 heterocycles. The molecule has 1 aromatic heterocycles. The third kappa shape index (κ3) is 4.56. The number of fused-ring (bicyclic) bond motifs is 2. The topological polar surface area (TPSA) is 55.7 Å². The zero-order chi connectivity index (χ0) is 20.2. The Morgan fingerprint density at radius 2 is 2.03 bits per heavy atom. The summed E-state index contributed by atoms with van der Waals surface area (Å²) in [7, 11) is 1.74. The molecule has 1 fully saturated rings. The molecule has 1 aliphatic heterocycles. The Labute approximate surface area is 172 Å². The van der Waals surface area contributed by atoms with Crippen LogP contribution in [0.2, 0.25) is 0 Å². The highest BCUT2D eigenvalue weighted by Crippen LogP contribution is 2.27. The van der Waals surface area contributed by atoms with Crippen LogP contribution in [-0.2, 0) is 35.4 Å². The molecule has 1 atom stereocenters. The van der Waals surface area contributed by atoms with E-state index >= 15 is 0 Å². The SMILES string of the molecule is CCOCCn1c(=O)c(CN2CCNC(COC)C2)cc2cc3c(cc21)CCC3. The molecular formula is C23H33N3O3. The van der Waals surface area contributed by atoms with Gasteiger partial charge < -0.3 is 19.4 Å². The van der Waals surface area contributed by atoms with Crippen LogP contribution in [0.25, 0.3) is 10.9 Å². The predicted molar refractivity (Wildman–Crippen MR) is 116 cm³/mol. The van der Waals surface area contributed by atoms with Gasteiger partial charge in [0.15, 0.2) is 0 Å². The lowest BCUT2D eigenvalue weighted by molar-refractivity contribution is 0.112. The van der Waals surface area contributed by atoms with Gasteiger partial charge in [-0.25, -0.2) is 0 Å². The predicted octanol–water partition coefficient (Wildman–Crippen LogP) is 1.95. The van der Waals surface area contributed by atoms with E-state index in [0.29, 0.717) is 39.0 Å². The zero-order valence-electron chi connectivity index (χ0n) is 17.7. The maximum absolute atomic E-state index is 13.4. The van der Waals surface area contributed by atoms with Gasteiger partial charge in [0.05, 0.1) is 18.7 Å². The minimum Gasteiger partial charge on any atom is -0.383 e. The molecule has 29 heavy (non-hydrogen) atoms. The van der Waals surface area contributed by atoms with E-state index in [4.69, 9.17) is 9.47 Å². The number of hydrogen-bond acceptors (Lipinski definition) is 5. The second-order valence-corrected chi connectivity index (χ2v) is 8.20. The van der Waals surface area contributed by atoms with E-state index in [9.17, 15) is 4.79 Å². The number of methoxy groups -OCH3 is 1. The van der Waals surface area contributed by atoms with Crippen molar-refractivity contribution >= 4 is 10.9 Å². The van der Waals surface area contributed by atoms with Crippen LogP contribution in [0, 0.1) is 0 Å². The normalized spacial score (nSPS) is 19.7. The molecule has 1 unspecified atom stereocenters. The molecule has 158 valence electrons. The van der Waals surface area contributed by atoms with Gasteiger partial charge in [-0.3, -0.25) is 9.69 Å². The Balaban J connectivity index is 1.67. The van der Waals surface area contributed by atoms with Crippen LogP contribution in [0.4, 0.5) is 0 Å². The van der Waals surface area contributed by atoms with Crippen LogP contribution >= 0.6 is 0 Å². The van der Waals surface area contributed by atoms with Crippen molar-refractivity contribution in [3.63, 3.8) is 0 Å². The van der Waals surface area contributed by atoms with E-state index < -0.39 is 0 Å². The lowest BCUT2D eigenvalue weighted by Gasteiger charge is -2.33. The molecule has 2 aliphatic rings. The summed E-state index contributed by atoms with van der Waals surface area (Å²) in [6.07, 6.45) is 3.48. The second-order valence-electron chi connectivity index (χ2n) is 8.20. The Bertz CT molecular complexity index is 906. The first-order valence-electron chi connectivity index (χ1n) is 10.9. The summed E-state index contributed by atoms with van der Waals surface area (Å²) in [5.74, 6) is 0. The van der Waals surface area contributed by atoms with Crippen molar-refractivity contribution in [3.8, 4) is 0 Å². The van der Waals surface area contributed by atoms with Crippen molar-refractivity contribution in [2.45, 2.75) is 45.3 Å². The van der Waals surface area contributed by atoms with Crippen molar-refractivity contribution in [3.05, 3.63) is 45.2 Å². The summed E-state index contributed by atoms with van der Waals surface area (Å²) in [5, 5.41) is 4.67. The van der Waals surface area contributed by atoms with Gasteiger partial charge in [0, 0.05) is 58.0 Å². The summed E-state index contributed by atoms with van der Waals surface area (Å²) < 4.78 is 12.8. The Morgan fingerprint density at radius 3 is 2.83 bits per heavy atom. The molecule has 0 amide bonds. The molecule has 0 bridgehead atoms. The molecule has 6 nitrogen and oxygen atoms in total. The Morgan fingerprint density at radius 1 is 1.21 bits per heavy atom. The summed E-state index contributed by atoms with van der Waals surface area (Å²) in [5.41, 5.74) is 4.90. The number of piperazine rings is 1. The van der Waals surface area contributed by atoms with Crippen LogP contribution in [0.5, 0.6) is 0 Å². The zero-order valence-corrected chi connectivity index (χ0v) is 17.7. The highest BCUT2D eigenvalue weighted by Gasteiger charge is 2.21. The van der Waals surface area contributed by atoms with Gasteiger partial charge in [-0.2, -0.15) is 0 Å². The van der Waals surface area contributed by atoms with Crippen LogP contribution in [0.3, 0.4) is 0 Å². The fourth-order valence-electron chi connectivity index (χ4n) is 4.74. The third-order valence-electron chi connectivity index (χ3n) is 6.15. The lowest BCUT2D eigenvalue weighted by Crippen LogP contribution is -2.52. The highest BCUT2D eigenvalue weighted by atomic mass is 16.5. The van der Waals surface area contributed by atoms with Gasteiger partial charge in [0.25, 0.3) is 5.56 Å². The fourth-order valence-corrected chi connectivity index (χ4v) is 4.74. The molecule has 1 N–H and O–H groups in total. The average Bonchev–Trinajstić information content (AvgIpc) is 3.17. The van der Waals surface area contributed by atoms with E-state index in [1.807, 2.05) is 11.5 Å². The number of pyridine rings is 1. The molecule has 0 radical (unpaired) electrons. The van der Waals surface area contributed by atoms with Crippen LogP contribution in [0.15, 0.2) is 23.0 Å². The number of benzene rings is 1. The maximum Gasteiger partial charge on any atom is 0.255 e. The molecule has 2 aromatic rings. The first-order valence-corrected chi connectivity index (χ1v) is 10.9.